The van der Waals surface area contributed by atoms with E-state index in [4.69, 9.17) is 20.3 Å². The van der Waals surface area contributed by atoms with Crippen molar-refractivity contribution >= 4 is 5.96 Å². The van der Waals surface area contributed by atoms with E-state index in [1.54, 1.807) is 18.2 Å². The van der Waals surface area contributed by atoms with Crippen molar-refractivity contribution in [2.24, 2.45) is 10.7 Å². The van der Waals surface area contributed by atoms with E-state index in [1.807, 2.05) is 30.3 Å². The van der Waals surface area contributed by atoms with Crippen molar-refractivity contribution < 1.29 is 9.57 Å². The largest absolute Gasteiger partial charge is 0.487 e. The van der Waals surface area contributed by atoms with Crippen LogP contribution in [0.25, 0.3) is 11.1 Å². The Bertz CT molecular complexity index is 1330. The van der Waals surface area contributed by atoms with Gasteiger partial charge in [-0.05, 0) is 72.2 Å². The lowest BCUT2D eigenvalue weighted by Gasteiger charge is -2.45. The predicted molar refractivity (Wildman–Crippen MR) is 130 cm³/mol. The molecule has 34 heavy (non-hydrogen) atoms. The minimum absolute atomic E-state index is 0.358. The summed E-state index contributed by atoms with van der Waals surface area (Å²) in [5.74, 6) is 1.14. The van der Waals surface area contributed by atoms with Crippen molar-refractivity contribution in [3.8, 4) is 22.9 Å². The minimum atomic E-state index is -0.939. The standard InChI is InChI=1S/C28H26N4O2/c1-32-26(30)31-28(34-32)18-27(13-11-20-6-2-3-7-21(20)12-14-27)33-25-10-9-23(16-24(25)28)22-8-4-5-19(15-22)17-29/h2-10,15-16H,11-14,18H2,1H3,(H2,30,31). The average Bonchev–Trinajstić information content (AvgIpc) is 3.03. The van der Waals surface area contributed by atoms with Crippen LogP contribution in [0.3, 0.4) is 0 Å². The third kappa shape index (κ3) is 3.32. The summed E-state index contributed by atoms with van der Waals surface area (Å²) >= 11 is 0. The SMILES string of the molecule is CN1OC2(CC3(CCc4ccccc4CC3)Oc3ccc(-c4cccc(C#N)c4)cc32)N=C1N. The molecule has 1 aliphatic carbocycles. The first-order valence-electron chi connectivity index (χ1n) is 11.7. The predicted octanol–water partition coefficient (Wildman–Crippen LogP) is 4.67. The summed E-state index contributed by atoms with van der Waals surface area (Å²) in [6.07, 6.45) is 4.28. The molecule has 2 heterocycles. The zero-order chi connectivity index (χ0) is 23.3. The van der Waals surface area contributed by atoms with Crippen molar-refractivity contribution in [2.75, 3.05) is 7.05 Å². The Morgan fingerprint density at radius 2 is 1.71 bits per heavy atom. The molecule has 0 aromatic heterocycles. The van der Waals surface area contributed by atoms with E-state index >= 15 is 0 Å². The quantitative estimate of drug-likeness (QED) is 0.582. The number of hydrogen-bond donors (Lipinski definition) is 1. The van der Waals surface area contributed by atoms with Gasteiger partial charge in [-0.2, -0.15) is 5.26 Å². The smallest absolute Gasteiger partial charge is 0.222 e. The Morgan fingerprint density at radius 1 is 0.971 bits per heavy atom. The normalized spacial score (nSPS) is 22.4. The van der Waals surface area contributed by atoms with Gasteiger partial charge in [-0.25, -0.2) is 14.9 Å². The fraction of sp³-hybridized carbons (Fsp3) is 0.286. The molecule has 2 N–H and O–H groups in total. The van der Waals surface area contributed by atoms with E-state index in [0.29, 0.717) is 17.9 Å². The molecule has 0 radical (unpaired) electrons. The van der Waals surface area contributed by atoms with Gasteiger partial charge >= 0.3 is 0 Å². The number of nitrogens with zero attached hydrogens (tertiary/aromatic N) is 3. The molecule has 6 nitrogen and oxygen atoms in total. The molecule has 1 unspecified atom stereocenters. The van der Waals surface area contributed by atoms with Gasteiger partial charge in [-0.1, -0.05) is 42.5 Å². The molecular formula is C28H26N4O2. The molecule has 0 amide bonds. The Balaban J connectivity index is 1.44. The van der Waals surface area contributed by atoms with Crippen LogP contribution in [-0.4, -0.2) is 23.7 Å². The van der Waals surface area contributed by atoms with Gasteiger partial charge in [0.15, 0.2) is 0 Å². The third-order valence-corrected chi connectivity index (χ3v) is 7.34. The lowest BCUT2D eigenvalue weighted by molar-refractivity contribution is -0.205. The van der Waals surface area contributed by atoms with Crippen molar-refractivity contribution in [1.29, 1.82) is 5.26 Å². The number of hydroxylamine groups is 2. The number of aliphatic imine (C=N–C) groups is 1. The van der Waals surface area contributed by atoms with Crippen molar-refractivity contribution in [3.63, 3.8) is 0 Å². The van der Waals surface area contributed by atoms with Gasteiger partial charge in [0.2, 0.25) is 11.7 Å². The van der Waals surface area contributed by atoms with Crippen molar-refractivity contribution in [3.05, 3.63) is 89.0 Å². The van der Waals surface area contributed by atoms with Crippen LogP contribution in [0.2, 0.25) is 0 Å². The van der Waals surface area contributed by atoms with Crippen LogP contribution in [0.5, 0.6) is 5.75 Å². The molecule has 2 spiro atoms. The highest BCUT2D eigenvalue weighted by molar-refractivity contribution is 5.79. The number of nitriles is 1. The third-order valence-electron chi connectivity index (χ3n) is 7.34. The summed E-state index contributed by atoms with van der Waals surface area (Å²) < 4.78 is 6.80. The molecule has 3 aliphatic rings. The van der Waals surface area contributed by atoms with Crippen LogP contribution in [0.4, 0.5) is 0 Å². The van der Waals surface area contributed by atoms with Gasteiger partial charge in [0.1, 0.15) is 11.4 Å². The lowest BCUT2D eigenvalue weighted by atomic mass is 9.79. The zero-order valence-electron chi connectivity index (χ0n) is 19.1. The second-order valence-corrected chi connectivity index (χ2v) is 9.48. The molecule has 1 atom stereocenters. The average molecular weight is 451 g/mol. The number of aryl methyl sites for hydroxylation is 2. The second-order valence-electron chi connectivity index (χ2n) is 9.48. The number of rotatable bonds is 1. The first-order chi connectivity index (χ1) is 16.5. The number of nitrogens with two attached hydrogens (primary N) is 1. The van der Waals surface area contributed by atoms with Crippen LogP contribution < -0.4 is 10.5 Å². The Morgan fingerprint density at radius 3 is 2.38 bits per heavy atom. The highest BCUT2D eigenvalue weighted by Gasteiger charge is 2.54. The highest BCUT2D eigenvalue weighted by Crippen LogP contribution is 2.53. The monoisotopic (exact) mass is 450 g/mol. The van der Waals surface area contributed by atoms with E-state index in [2.05, 4.69) is 36.4 Å². The molecule has 3 aromatic rings. The summed E-state index contributed by atoms with van der Waals surface area (Å²) in [7, 11) is 1.79. The number of hydrogen-bond acceptors (Lipinski definition) is 6. The van der Waals surface area contributed by atoms with Gasteiger partial charge < -0.3 is 10.5 Å². The van der Waals surface area contributed by atoms with Crippen molar-refractivity contribution in [2.45, 2.75) is 43.4 Å². The molecule has 0 saturated carbocycles. The summed E-state index contributed by atoms with van der Waals surface area (Å²) in [6.45, 7) is 0. The fourth-order valence-electron chi connectivity index (χ4n) is 5.58. The van der Waals surface area contributed by atoms with Gasteiger partial charge in [0.05, 0.1) is 17.2 Å². The van der Waals surface area contributed by atoms with Crippen molar-refractivity contribution in [1.82, 2.24) is 5.06 Å². The van der Waals surface area contributed by atoms with Crippen LogP contribution in [-0.2, 0) is 23.4 Å². The molecule has 2 aliphatic heterocycles. The number of guanidine groups is 1. The molecule has 0 bridgehead atoms. The summed E-state index contributed by atoms with van der Waals surface area (Å²) in [5.41, 5.74) is 11.1. The van der Waals surface area contributed by atoms with Crippen LogP contribution in [0.1, 0.15) is 41.5 Å². The van der Waals surface area contributed by atoms with E-state index in [1.165, 1.54) is 11.1 Å². The van der Waals surface area contributed by atoms with Gasteiger partial charge in [-0.3, -0.25) is 0 Å². The van der Waals surface area contributed by atoms with E-state index in [9.17, 15) is 5.26 Å². The molecule has 0 saturated heterocycles. The van der Waals surface area contributed by atoms with E-state index < -0.39 is 11.3 Å². The number of benzene rings is 3. The first-order valence-corrected chi connectivity index (χ1v) is 11.7. The number of ether oxygens (including phenoxy) is 1. The minimum Gasteiger partial charge on any atom is -0.487 e. The first kappa shape index (κ1) is 20.8. The van der Waals surface area contributed by atoms with Gasteiger partial charge in [0.25, 0.3) is 0 Å². The summed E-state index contributed by atoms with van der Waals surface area (Å²) in [5, 5.41) is 10.9. The van der Waals surface area contributed by atoms with E-state index in [-0.39, 0.29) is 0 Å². The topological polar surface area (TPSA) is 83.9 Å². The Hall–Kier alpha value is -3.82. The Labute approximate surface area is 199 Å². The molecule has 0 fully saturated rings. The maximum absolute atomic E-state index is 9.33. The zero-order valence-corrected chi connectivity index (χ0v) is 19.1. The maximum Gasteiger partial charge on any atom is 0.222 e. The van der Waals surface area contributed by atoms with Crippen LogP contribution in [0, 0.1) is 11.3 Å². The van der Waals surface area contributed by atoms with E-state index in [0.717, 1.165) is 48.1 Å². The molecule has 3 aromatic carbocycles. The number of fused-ring (bicyclic) bond motifs is 3. The van der Waals surface area contributed by atoms with Crippen LogP contribution in [0.15, 0.2) is 71.7 Å². The maximum atomic E-state index is 9.33. The van der Waals surface area contributed by atoms with Crippen LogP contribution >= 0.6 is 0 Å². The summed E-state index contributed by atoms with van der Waals surface area (Å²) in [4.78, 5) is 11.2. The molecule has 170 valence electrons. The lowest BCUT2D eigenvalue weighted by Crippen LogP contribution is -2.48. The molecular weight excluding hydrogens is 424 g/mol. The molecule has 6 heteroatoms. The summed E-state index contributed by atoms with van der Waals surface area (Å²) in [6, 6.07) is 24.6. The Kier molecular flexibility index (Phi) is 4.65. The highest BCUT2D eigenvalue weighted by atomic mass is 16.7. The second kappa shape index (κ2) is 7.61. The van der Waals surface area contributed by atoms with Gasteiger partial charge in [-0.15, -0.1) is 0 Å². The fourth-order valence-corrected chi connectivity index (χ4v) is 5.58. The molecule has 6 rings (SSSR count). The van der Waals surface area contributed by atoms with Gasteiger partial charge in [0, 0.05) is 13.5 Å².